The van der Waals surface area contributed by atoms with E-state index in [1.165, 1.54) is 16.7 Å². The van der Waals surface area contributed by atoms with E-state index in [0.717, 1.165) is 60.9 Å². The minimum atomic E-state index is -0.169. The van der Waals surface area contributed by atoms with E-state index < -0.39 is 0 Å². The Hall–Kier alpha value is -3.01. The van der Waals surface area contributed by atoms with Crippen LogP contribution in [0.5, 0.6) is 0 Å². The lowest BCUT2D eigenvalue weighted by Crippen LogP contribution is -2.33. The van der Waals surface area contributed by atoms with Gasteiger partial charge in [-0.2, -0.15) is 0 Å². The highest BCUT2D eigenvalue weighted by Gasteiger charge is 2.22. The van der Waals surface area contributed by atoms with Crippen molar-refractivity contribution in [3.8, 4) is 0 Å². The van der Waals surface area contributed by atoms with E-state index in [1.54, 1.807) is 12.1 Å². The van der Waals surface area contributed by atoms with Crippen LogP contribution in [-0.4, -0.2) is 23.0 Å². The molecular weight excluding hydrogens is 373 g/mol. The number of nitrogens with zero attached hydrogens (tertiary/aromatic N) is 1. The summed E-state index contributed by atoms with van der Waals surface area (Å²) in [5, 5.41) is 1.10. The Morgan fingerprint density at radius 3 is 2.57 bits per heavy atom. The van der Waals surface area contributed by atoms with Gasteiger partial charge in [-0.25, -0.2) is 4.39 Å². The number of aromatic amines is 1. The molecule has 0 unspecified atom stereocenters. The lowest BCUT2D eigenvalue weighted by molar-refractivity contribution is 0.254. The first-order valence-electron chi connectivity index (χ1n) is 10.7. The van der Waals surface area contributed by atoms with Crippen LogP contribution in [0.4, 0.5) is 10.2 Å². The van der Waals surface area contributed by atoms with Crippen LogP contribution in [0.1, 0.15) is 42.0 Å². The molecule has 1 aliphatic rings. The molecule has 1 fully saturated rings. The van der Waals surface area contributed by atoms with E-state index >= 15 is 0 Å². The van der Waals surface area contributed by atoms with Crippen molar-refractivity contribution in [1.29, 1.82) is 0 Å². The molecule has 30 heavy (non-hydrogen) atoms. The van der Waals surface area contributed by atoms with Gasteiger partial charge in [0.2, 0.25) is 0 Å². The number of halogens is 1. The smallest absolute Gasteiger partial charge is 0.123 e. The average molecular weight is 404 g/mol. The van der Waals surface area contributed by atoms with E-state index in [1.807, 2.05) is 18.2 Å². The fourth-order valence-electron chi connectivity index (χ4n) is 4.64. The number of piperidine rings is 1. The quantitative estimate of drug-likeness (QED) is 0.529. The molecule has 0 saturated carbocycles. The molecule has 0 bridgehead atoms. The average Bonchev–Trinajstić information content (AvgIpc) is 3.08. The number of rotatable bonds is 6. The first kappa shape index (κ1) is 20.3. The molecule has 1 saturated heterocycles. The van der Waals surface area contributed by atoms with Gasteiger partial charge in [-0.05, 0) is 67.0 Å². The first-order chi connectivity index (χ1) is 14.5. The van der Waals surface area contributed by atoms with Crippen molar-refractivity contribution in [2.24, 2.45) is 5.92 Å². The number of nitrogens with two attached hydrogens (primary N) is 1. The molecule has 0 atom stereocenters. The molecule has 0 amide bonds. The van der Waals surface area contributed by atoms with Gasteiger partial charge in [0.15, 0.2) is 0 Å². The number of nitrogen functional groups attached to an aromatic ring is 1. The molecule has 3 aromatic rings. The minimum Gasteiger partial charge on any atom is -0.385 e. The summed E-state index contributed by atoms with van der Waals surface area (Å²) in [6.45, 7) is 12.5. The van der Waals surface area contributed by atoms with Gasteiger partial charge in [0.05, 0.1) is 0 Å². The SMILES string of the molecule is C=Cc1c(N)[nH]c2cc(CC)c(C(=C)N3CCC(Cc4ccc(F)cc4)CC3)cc12. The summed E-state index contributed by atoms with van der Waals surface area (Å²) in [6, 6.07) is 11.3. The molecule has 156 valence electrons. The topological polar surface area (TPSA) is 45.1 Å². The number of likely N-dealkylation sites (tertiary alicyclic amines) is 1. The molecule has 1 aliphatic heterocycles. The predicted molar refractivity (Wildman–Crippen MR) is 126 cm³/mol. The van der Waals surface area contributed by atoms with Crippen molar-refractivity contribution in [2.75, 3.05) is 18.8 Å². The van der Waals surface area contributed by atoms with E-state index in [2.05, 4.69) is 42.1 Å². The Labute approximate surface area is 178 Å². The van der Waals surface area contributed by atoms with Crippen LogP contribution in [0.15, 0.2) is 49.6 Å². The third kappa shape index (κ3) is 3.87. The maximum absolute atomic E-state index is 13.1. The highest BCUT2D eigenvalue weighted by Crippen LogP contribution is 2.34. The summed E-state index contributed by atoms with van der Waals surface area (Å²) in [5.41, 5.74) is 12.9. The van der Waals surface area contributed by atoms with Crippen LogP contribution in [0.3, 0.4) is 0 Å². The van der Waals surface area contributed by atoms with Gasteiger partial charge in [-0.1, -0.05) is 38.3 Å². The number of anilines is 1. The zero-order chi connectivity index (χ0) is 21.3. The first-order valence-corrected chi connectivity index (χ1v) is 10.7. The van der Waals surface area contributed by atoms with Crippen molar-refractivity contribution in [3.05, 3.63) is 77.6 Å². The number of aromatic nitrogens is 1. The van der Waals surface area contributed by atoms with Gasteiger partial charge in [0, 0.05) is 40.8 Å². The third-order valence-electron chi connectivity index (χ3n) is 6.42. The van der Waals surface area contributed by atoms with E-state index in [4.69, 9.17) is 5.73 Å². The van der Waals surface area contributed by atoms with Crippen molar-refractivity contribution in [1.82, 2.24) is 9.88 Å². The monoisotopic (exact) mass is 403 g/mol. The van der Waals surface area contributed by atoms with Crippen molar-refractivity contribution >= 4 is 28.5 Å². The fraction of sp³-hybridized carbons (Fsp3) is 0.308. The van der Waals surface area contributed by atoms with Crippen LogP contribution >= 0.6 is 0 Å². The molecule has 0 spiro atoms. The molecule has 4 heteroatoms. The Morgan fingerprint density at radius 2 is 1.93 bits per heavy atom. The number of H-pyrrole nitrogens is 1. The zero-order valence-electron chi connectivity index (χ0n) is 17.7. The second kappa shape index (κ2) is 8.39. The summed E-state index contributed by atoms with van der Waals surface area (Å²) >= 11 is 0. The van der Waals surface area contributed by atoms with Crippen LogP contribution in [0.25, 0.3) is 22.7 Å². The van der Waals surface area contributed by atoms with Crippen molar-refractivity contribution < 1.29 is 4.39 Å². The summed E-state index contributed by atoms with van der Waals surface area (Å²) in [7, 11) is 0. The molecular formula is C26H30FN3. The number of hydrogen-bond donors (Lipinski definition) is 2. The molecule has 2 aromatic carbocycles. The Balaban J connectivity index is 1.50. The van der Waals surface area contributed by atoms with Crippen molar-refractivity contribution in [3.63, 3.8) is 0 Å². The van der Waals surface area contributed by atoms with E-state index in [9.17, 15) is 4.39 Å². The molecule has 4 rings (SSSR count). The van der Waals surface area contributed by atoms with Gasteiger partial charge in [-0.3, -0.25) is 0 Å². The normalized spacial score (nSPS) is 14.9. The fourth-order valence-corrected chi connectivity index (χ4v) is 4.64. The van der Waals surface area contributed by atoms with Gasteiger partial charge in [0.25, 0.3) is 0 Å². The number of hydrogen-bond acceptors (Lipinski definition) is 2. The maximum atomic E-state index is 13.1. The number of benzene rings is 2. The van der Waals surface area contributed by atoms with Crippen LogP contribution < -0.4 is 5.73 Å². The Bertz CT molecular complexity index is 1070. The lowest BCUT2D eigenvalue weighted by atomic mass is 9.89. The molecule has 2 heterocycles. The van der Waals surface area contributed by atoms with Gasteiger partial charge >= 0.3 is 0 Å². The van der Waals surface area contributed by atoms with Crippen LogP contribution in [0, 0.1) is 11.7 Å². The predicted octanol–water partition coefficient (Wildman–Crippen LogP) is 6.02. The van der Waals surface area contributed by atoms with Gasteiger partial charge < -0.3 is 15.6 Å². The minimum absolute atomic E-state index is 0.169. The number of aryl methyl sites for hydroxylation is 1. The second-order valence-corrected chi connectivity index (χ2v) is 8.27. The van der Waals surface area contributed by atoms with E-state index in [-0.39, 0.29) is 5.82 Å². The standard InChI is InChI=1S/C26H30FN3/c1-4-20-15-25-24(22(5-2)26(28)29-25)16-23(20)17(3)30-12-10-19(11-13-30)14-18-6-8-21(27)9-7-18/h5-9,15-16,19,29H,2-4,10-14,28H2,1H3. The highest BCUT2D eigenvalue weighted by atomic mass is 19.1. The summed E-state index contributed by atoms with van der Waals surface area (Å²) < 4.78 is 13.1. The highest BCUT2D eigenvalue weighted by molar-refractivity contribution is 5.96. The largest absolute Gasteiger partial charge is 0.385 e. The van der Waals surface area contributed by atoms with Crippen LogP contribution in [-0.2, 0) is 12.8 Å². The molecule has 1 aromatic heterocycles. The zero-order valence-corrected chi connectivity index (χ0v) is 17.7. The van der Waals surface area contributed by atoms with E-state index in [0.29, 0.717) is 11.7 Å². The Morgan fingerprint density at radius 1 is 1.23 bits per heavy atom. The second-order valence-electron chi connectivity index (χ2n) is 8.27. The van der Waals surface area contributed by atoms with Gasteiger partial charge in [0.1, 0.15) is 11.6 Å². The number of nitrogens with one attached hydrogen (secondary N) is 1. The summed E-state index contributed by atoms with van der Waals surface area (Å²) in [5.74, 6) is 1.12. The third-order valence-corrected chi connectivity index (χ3v) is 6.42. The molecule has 3 N–H and O–H groups in total. The van der Waals surface area contributed by atoms with Crippen LogP contribution in [0.2, 0.25) is 0 Å². The molecule has 0 aliphatic carbocycles. The maximum Gasteiger partial charge on any atom is 0.123 e. The molecule has 3 nitrogen and oxygen atoms in total. The summed E-state index contributed by atoms with van der Waals surface area (Å²) in [4.78, 5) is 5.68. The summed E-state index contributed by atoms with van der Waals surface area (Å²) in [6.07, 6.45) is 6.00. The Kier molecular flexibility index (Phi) is 5.67. The van der Waals surface area contributed by atoms with Crippen molar-refractivity contribution in [2.45, 2.75) is 32.6 Å². The number of fused-ring (bicyclic) bond motifs is 1. The van der Waals surface area contributed by atoms with Gasteiger partial charge in [-0.15, -0.1) is 0 Å². The lowest BCUT2D eigenvalue weighted by Gasteiger charge is -2.35. The molecule has 0 radical (unpaired) electrons.